The molecule has 1 aliphatic rings. The van der Waals surface area contributed by atoms with Crippen molar-refractivity contribution in [2.24, 2.45) is 5.92 Å². The number of benzene rings is 1. The monoisotopic (exact) mass is 237 g/mol. The Bertz CT molecular complexity index is 367. The van der Waals surface area contributed by atoms with E-state index in [1.54, 1.807) is 0 Å². The van der Waals surface area contributed by atoms with Crippen molar-refractivity contribution in [3.8, 4) is 0 Å². The van der Waals surface area contributed by atoms with Gasteiger partial charge in [0.05, 0.1) is 0 Å². The lowest BCUT2D eigenvalue weighted by molar-refractivity contribution is 0.414. The SMILES string of the molecule is CC(C)(C)NCC1CC1c1cccc(Cl)c1. The summed E-state index contributed by atoms with van der Waals surface area (Å²) in [6, 6.07) is 8.27. The predicted octanol–water partition coefficient (Wildman–Crippen LogP) is 3.83. The molecular formula is C14H20ClN. The van der Waals surface area contributed by atoms with Crippen molar-refractivity contribution < 1.29 is 0 Å². The van der Waals surface area contributed by atoms with Crippen LogP contribution in [0.2, 0.25) is 5.02 Å². The van der Waals surface area contributed by atoms with E-state index in [4.69, 9.17) is 11.6 Å². The van der Waals surface area contributed by atoms with Crippen LogP contribution in [0.15, 0.2) is 24.3 Å². The van der Waals surface area contributed by atoms with Gasteiger partial charge in [0.25, 0.3) is 0 Å². The van der Waals surface area contributed by atoms with Gasteiger partial charge >= 0.3 is 0 Å². The highest BCUT2D eigenvalue weighted by Gasteiger charge is 2.38. The van der Waals surface area contributed by atoms with Gasteiger partial charge in [-0.1, -0.05) is 23.7 Å². The van der Waals surface area contributed by atoms with Crippen LogP contribution in [0.1, 0.15) is 38.7 Å². The second-order valence-corrected chi connectivity index (χ2v) is 6.22. The summed E-state index contributed by atoms with van der Waals surface area (Å²) < 4.78 is 0. The van der Waals surface area contributed by atoms with Crippen LogP contribution < -0.4 is 5.32 Å². The molecule has 0 amide bonds. The highest BCUT2D eigenvalue weighted by atomic mass is 35.5. The van der Waals surface area contributed by atoms with E-state index in [-0.39, 0.29) is 5.54 Å². The zero-order chi connectivity index (χ0) is 11.8. The van der Waals surface area contributed by atoms with Gasteiger partial charge in [0, 0.05) is 10.6 Å². The maximum Gasteiger partial charge on any atom is 0.0408 e. The van der Waals surface area contributed by atoms with Crippen molar-refractivity contribution in [3.63, 3.8) is 0 Å². The molecule has 1 aromatic rings. The molecule has 2 rings (SSSR count). The van der Waals surface area contributed by atoms with Crippen molar-refractivity contribution in [1.29, 1.82) is 0 Å². The first-order valence-corrected chi connectivity index (χ1v) is 6.34. The van der Waals surface area contributed by atoms with Crippen molar-refractivity contribution >= 4 is 11.6 Å². The molecule has 1 aromatic carbocycles. The van der Waals surface area contributed by atoms with Crippen molar-refractivity contribution in [2.45, 2.75) is 38.6 Å². The first-order chi connectivity index (χ1) is 7.46. The van der Waals surface area contributed by atoms with E-state index in [1.165, 1.54) is 12.0 Å². The predicted molar refractivity (Wildman–Crippen MR) is 70.1 cm³/mol. The maximum absolute atomic E-state index is 6.00. The normalized spacial score (nSPS) is 24.5. The molecule has 0 bridgehead atoms. The molecule has 0 aromatic heterocycles. The summed E-state index contributed by atoms with van der Waals surface area (Å²) in [5.41, 5.74) is 1.62. The highest BCUT2D eigenvalue weighted by Crippen LogP contribution is 2.47. The number of halogens is 1. The van der Waals surface area contributed by atoms with Crippen LogP contribution in [-0.2, 0) is 0 Å². The van der Waals surface area contributed by atoms with Gasteiger partial charge in [0.15, 0.2) is 0 Å². The van der Waals surface area contributed by atoms with Gasteiger partial charge in [0.2, 0.25) is 0 Å². The Morgan fingerprint density at radius 1 is 1.38 bits per heavy atom. The summed E-state index contributed by atoms with van der Waals surface area (Å²) in [5.74, 6) is 1.51. The largest absolute Gasteiger partial charge is 0.312 e. The van der Waals surface area contributed by atoms with E-state index in [2.05, 4.69) is 38.2 Å². The van der Waals surface area contributed by atoms with Gasteiger partial charge < -0.3 is 5.32 Å². The minimum atomic E-state index is 0.224. The van der Waals surface area contributed by atoms with Crippen LogP contribution >= 0.6 is 11.6 Å². The molecule has 0 saturated heterocycles. The summed E-state index contributed by atoms with van der Waals surface area (Å²) in [6.07, 6.45) is 1.30. The van der Waals surface area contributed by atoms with Gasteiger partial charge in [-0.05, 0) is 63.3 Å². The molecule has 1 fully saturated rings. The zero-order valence-electron chi connectivity index (χ0n) is 10.3. The van der Waals surface area contributed by atoms with Crippen LogP contribution in [0.3, 0.4) is 0 Å². The molecule has 88 valence electrons. The van der Waals surface area contributed by atoms with E-state index in [9.17, 15) is 0 Å². The van der Waals surface area contributed by atoms with Crippen molar-refractivity contribution in [1.82, 2.24) is 5.32 Å². The Balaban J connectivity index is 1.87. The lowest BCUT2D eigenvalue weighted by Crippen LogP contribution is -2.37. The van der Waals surface area contributed by atoms with Crippen molar-refractivity contribution in [2.75, 3.05) is 6.54 Å². The molecule has 2 heteroatoms. The molecule has 0 radical (unpaired) electrons. The number of rotatable bonds is 3. The summed E-state index contributed by atoms with van der Waals surface area (Å²) in [7, 11) is 0. The molecule has 1 saturated carbocycles. The maximum atomic E-state index is 6.00. The van der Waals surface area contributed by atoms with E-state index in [0.717, 1.165) is 17.5 Å². The van der Waals surface area contributed by atoms with E-state index in [1.807, 2.05) is 12.1 Å². The average molecular weight is 238 g/mol. The molecule has 1 N–H and O–H groups in total. The van der Waals surface area contributed by atoms with Crippen molar-refractivity contribution in [3.05, 3.63) is 34.9 Å². The molecule has 1 aliphatic carbocycles. The van der Waals surface area contributed by atoms with Gasteiger partial charge in [0.1, 0.15) is 0 Å². The lowest BCUT2D eigenvalue weighted by atomic mass is 10.1. The molecule has 2 atom stereocenters. The topological polar surface area (TPSA) is 12.0 Å². The smallest absolute Gasteiger partial charge is 0.0408 e. The molecule has 1 nitrogen and oxygen atoms in total. The molecule has 0 heterocycles. The second kappa shape index (κ2) is 4.38. The van der Waals surface area contributed by atoms with E-state index < -0.39 is 0 Å². The lowest BCUT2D eigenvalue weighted by Gasteiger charge is -2.20. The minimum absolute atomic E-state index is 0.224. The fraction of sp³-hybridized carbons (Fsp3) is 0.571. The third kappa shape index (κ3) is 3.23. The summed E-state index contributed by atoms with van der Waals surface area (Å²) in [6.45, 7) is 7.75. The van der Waals surface area contributed by atoms with Crippen LogP contribution in [-0.4, -0.2) is 12.1 Å². The number of hydrogen-bond acceptors (Lipinski definition) is 1. The van der Waals surface area contributed by atoms with Gasteiger partial charge in [-0.2, -0.15) is 0 Å². The molecular weight excluding hydrogens is 218 g/mol. The summed E-state index contributed by atoms with van der Waals surface area (Å²) in [4.78, 5) is 0. The Labute approximate surface area is 103 Å². The van der Waals surface area contributed by atoms with Crippen LogP contribution in [0.5, 0.6) is 0 Å². The third-order valence-corrected chi connectivity index (χ3v) is 3.33. The Kier molecular flexibility index (Phi) is 3.27. The fourth-order valence-corrected chi connectivity index (χ4v) is 2.25. The number of hydrogen-bond donors (Lipinski definition) is 1. The average Bonchev–Trinajstić information content (AvgIpc) is 2.93. The Morgan fingerprint density at radius 2 is 2.12 bits per heavy atom. The van der Waals surface area contributed by atoms with Crippen LogP contribution in [0.4, 0.5) is 0 Å². The number of nitrogens with one attached hydrogen (secondary N) is 1. The quantitative estimate of drug-likeness (QED) is 0.843. The Morgan fingerprint density at radius 3 is 2.75 bits per heavy atom. The third-order valence-electron chi connectivity index (χ3n) is 3.09. The molecule has 0 spiro atoms. The fourth-order valence-electron chi connectivity index (χ4n) is 2.06. The van der Waals surface area contributed by atoms with Gasteiger partial charge in [-0.15, -0.1) is 0 Å². The van der Waals surface area contributed by atoms with Gasteiger partial charge in [-0.25, -0.2) is 0 Å². The first kappa shape index (κ1) is 11.9. The molecule has 0 aliphatic heterocycles. The summed E-state index contributed by atoms with van der Waals surface area (Å²) in [5, 5.41) is 4.42. The second-order valence-electron chi connectivity index (χ2n) is 5.79. The minimum Gasteiger partial charge on any atom is -0.312 e. The standard InChI is InChI=1S/C14H20ClN/c1-14(2,3)16-9-11-8-13(11)10-5-4-6-12(15)7-10/h4-7,11,13,16H,8-9H2,1-3H3. The summed E-state index contributed by atoms with van der Waals surface area (Å²) >= 11 is 6.00. The zero-order valence-corrected chi connectivity index (χ0v) is 11.0. The molecule has 2 unspecified atom stereocenters. The van der Waals surface area contributed by atoms with Crippen LogP contribution in [0.25, 0.3) is 0 Å². The molecule has 16 heavy (non-hydrogen) atoms. The van der Waals surface area contributed by atoms with E-state index in [0.29, 0.717) is 5.92 Å². The Hall–Kier alpha value is -0.530. The van der Waals surface area contributed by atoms with Crippen LogP contribution in [0, 0.1) is 5.92 Å². The first-order valence-electron chi connectivity index (χ1n) is 5.96. The van der Waals surface area contributed by atoms with E-state index >= 15 is 0 Å². The highest BCUT2D eigenvalue weighted by molar-refractivity contribution is 6.30. The van der Waals surface area contributed by atoms with Gasteiger partial charge in [-0.3, -0.25) is 0 Å².